The lowest BCUT2D eigenvalue weighted by molar-refractivity contribution is 0.404. The van der Waals surface area contributed by atoms with Gasteiger partial charge in [0.2, 0.25) is 10.0 Å². The predicted molar refractivity (Wildman–Crippen MR) is 69.4 cm³/mol. The van der Waals surface area contributed by atoms with E-state index in [0.29, 0.717) is 12.6 Å². The summed E-state index contributed by atoms with van der Waals surface area (Å²) >= 11 is 0. The van der Waals surface area contributed by atoms with Crippen LogP contribution in [0.15, 0.2) is 18.2 Å². The van der Waals surface area contributed by atoms with Crippen LogP contribution in [-0.4, -0.2) is 27.3 Å². The van der Waals surface area contributed by atoms with Gasteiger partial charge in [-0.2, -0.15) is 0 Å². The van der Waals surface area contributed by atoms with Gasteiger partial charge in [0.05, 0.1) is 11.4 Å². The quantitative estimate of drug-likeness (QED) is 0.887. The summed E-state index contributed by atoms with van der Waals surface area (Å²) in [5.41, 5.74) is -0.217. The van der Waals surface area contributed by atoms with Crippen LogP contribution in [0.5, 0.6) is 0 Å². The molecule has 1 aliphatic heterocycles. The SMILES string of the molecule is O=S(=O)(CC1CCCNC1)Nc1ccc(F)cc1F. The summed E-state index contributed by atoms with van der Waals surface area (Å²) in [6, 6.07) is 2.75. The molecule has 0 spiro atoms. The van der Waals surface area contributed by atoms with Gasteiger partial charge in [-0.25, -0.2) is 17.2 Å². The van der Waals surface area contributed by atoms with Gasteiger partial charge in [0.15, 0.2) is 0 Å². The van der Waals surface area contributed by atoms with E-state index < -0.39 is 21.7 Å². The third-order valence-electron chi connectivity index (χ3n) is 3.05. The van der Waals surface area contributed by atoms with Crippen molar-refractivity contribution >= 4 is 15.7 Å². The van der Waals surface area contributed by atoms with Crippen LogP contribution < -0.4 is 10.0 Å². The van der Waals surface area contributed by atoms with Crippen LogP contribution in [-0.2, 0) is 10.0 Å². The molecule has 0 radical (unpaired) electrons. The Bertz CT molecular complexity index is 543. The highest BCUT2D eigenvalue weighted by atomic mass is 32.2. The van der Waals surface area contributed by atoms with Crippen molar-refractivity contribution in [2.45, 2.75) is 12.8 Å². The molecule has 2 N–H and O–H groups in total. The van der Waals surface area contributed by atoms with E-state index in [1.54, 1.807) is 0 Å². The number of anilines is 1. The normalized spacial score (nSPS) is 20.2. The number of benzene rings is 1. The number of rotatable bonds is 4. The smallest absolute Gasteiger partial charge is 0.233 e. The van der Waals surface area contributed by atoms with Gasteiger partial charge in [-0.1, -0.05) is 0 Å². The zero-order valence-electron chi connectivity index (χ0n) is 10.3. The van der Waals surface area contributed by atoms with E-state index in [-0.39, 0.29) is 17.4 Å². The van der Waals surface area contributed by atoms with Crippen LogP contribution >= 0.6 is 0 Å². The second-order valence-electron chi connectivity index (χ2n) is 4.72. The second-order valence-corrected chi connectivity index (χ2v) is 6.49. The average Bonchev–Trinajstić information content (AvgIpc) is 2.33. The van der Waals surface area contributed by atoms with E-state index in [1.807, 2.05) is 0 Å². The fourth-order valence-electron chi connectivity index (χ4n) is 2.16. The highest BCUT2D eigenvalue weighted by molar-refractivity contribution is 7.92. The summed E-state index contributed by atoms with van der Waals surface area (Å²) < 4.78 is 52.1. The molecule has 1 saturated heterocycles. The van der Waals surface area contributed by atoms with Crippen molar-refractivity contribution in [1.29, 1.82) is 0 Å². The van der Waals surface area contributed by atoms with Crippen LogP contribution in [0.2, 0.25) is 0 Å². The molecule has 7 heteroatoms. The van der Waals surface area contributed by atoms with Crippen molar-refractivity contribution in [2.24, 2.45) is 5.92 Å². The molecule has 1 aliphatic rings. The average molecular weight is 290 g/mol. The summed E-state index contributed by atoms with van der Waals surface area (Å²) in [7, 11) is -3.62. The molecule has 0 aromatic heterocycles. The second kappa shape index (κ2) is 5.83. The molecular weight excluding hydrogens is 274 g/mol. The summed E-state index contributed by atoms with van der Waals surface area (Å²) in [4.78, 5) is 0. The molecular formula is C12H16F2N2O2S. The van der Waals surface area contributed by atoms with Gasteiger partial charge < -0.3 is 5.32 Å². The highest BCUT2D eigenvalue weighted by Gasteiger charge is 2.22. The Labute approximate surface area is 111 Å². The minimum atomic E-state index is -3.62. The van der Waals surface area contributed by atoms with Crippen molar-refractivity contribution in [3.05, 3.63) is 29.8 Å². The lowest BCUT2D eigenvalue weighted by Crippen LogP contribution is -2.35. The van der Waals surface area contributed by atoms with Crippen molar-refractivity contribution < 1.29 is 17.2 Å². The maximum absolute atomic E-state index is 13.4. The standard InChI is InChI=1S/C12H16F2N2O2S/c13-10-3-4-12(11(14)6-10)16-19(17,18)8-9-2-1-5-15-7-9/h3-4,6,9,15-16H,1-2,5,7-8H2. The molecule has 4 nitrogen and oxygen atoms in total. The minimum Gasteiger partial charge on any atom is -0.316 e. The number of hydrogen-bond acceptors (Lipinski definition) is 3. The molecule has 1 aromatic carbocycles. The molecule has 0 bridgehead atoms. The maximum atomic E-state index is 13.4. The van der Waals surface area contributed by atoms with E-state index in [4.69, 9.17) is 0 Å². The molecule has 0 aliphatic carbocycles. The Morgan fingerprint density at radius 2 is 2.16 bits per heavy atom. The molecule has 1 unspecified atom stereocenters. The fourth-order valence-corrected chi connectivity index (χ4v) is 3.65. The summed E-state index contributed by atoms with van der Waals surface area (Å²) in [6.07, 6.45) is 1.77. The number of nitrogens with one attached hydrogen (secondary N) is 2. The Kier molecular flexibility index (Phi) is 4.36. The zero-order valence-corrected chi connectivity index (χ0v) is 11.1. The first kappa shape index (κ1) is 14.2. The van der Waals surface area contributed by atoms with E-state index in [2.05, 4.69) is 10.0 Å². The van der Waals surface area contributed by atoms with Gasteiger partial charge in [0.1, 0.15) is 11.6 Å². The van der Waals surface area contributed by atoms with Crippen LogP contribution in [0.25, 0.3) is 0 Å². The summed E-state index contributed by atoms with van der Waals surface area (Å²) in [5.74, 6) is -1.69. The van der Waals surface area contributed by atoms with Gasteiger partial charge in [-0.3, -0.25) is 4.72 Å². The van der Waals surface area contributed by atoms with Crippen LogP contribution in [0.1, 0.15) is 12.8 Å². The molecule has 1 aromatic rings. The number of hydrogen-bond donors (Lipinski definition) is 2. The molecule has 1 heterocycles. The molecule has 106 valence electrons. The molecule has 1 atom stereocenters. The monoisotopic (exact) mass is 290 g/mol. The fraction of sp³-hybridized carbons (Fsp3) is 0.500. The maximum Gasteiger partial charge on any atom is 0.233 e. The Morgan fingerprint density at radius 3 is 2.79 bits per heavy atom. The number of halogens is 2. The lowest BCUT2D eigenvalue weighted by Gasteiger charge is -2.22. The molecule has 0 saturated carbocycles. The first-order valence-electron chi connectivity index (χ1n) is 6.12. The molecule has 2 rings (SSSR count). The number of sulfonamides is 1. The van der Waals surface area contributed by atoms with E-state index in [9.17, 15) is 17.2 Å². The first-order valence-corrected chi connectivity index (χ1v) is 7.78. The summed E-state index contributed by atoms with van der Waals surface area (Å²) in [6.45, 7) is 1.55. The third kappa shape index (κ3) is 4.14. The number of piperidine rings is 1. The Morgan fingerprint density at radius 1 is 1.37 bits per heavy atom. The van der Waals surface area contributed by atoms with Gasteiger partial charge in [0.25, 0.3) is 0 Å². The van der Waals surface area contributed by atoms with Gasteiger partial charge >= 0.3 is 0 Å². The van der Waals surface area contributed by atoms with Gasteiger partial charge in [-0.05, 0) is 44.0 Å². The van der Waals surface area contributed by atoms with E-state index in [1.165, 1.54) is 0 Å². The third-order valence-corrected chi connectivity index (χ3v) is 4.49. The van der Waals surface area contributed by atoms with Crippen LogP contribution in [0, 0.1) is 17.6 Å². The van der Waals surface area contributed by atoms with E-state index in [0.717, 1.165) is 31.5 Å². The Hall–Kier alpha value is -1.21. The van der Waals surface area contributed by atoms with Gasteiger partial charge in [0, 0.05) is 6.07 Å². The van der Waals surface area contributed by atoms with Gasteiger partial charge in [-0.15, -0.1) is 0 Å². The Balaban J connectivity index is 2.03. The molecule has 0 amide bonds. The van der Waals surface area contributed by atoms with Crippen molar-refractivity contribution in [2.75, 3.05) is 23.6 Å². The predicted octanol–water partition coefficient (Wildman–Crippen LogP) is 1.71. The minimum absolute atomic E-state index is 0.0229. The topological polar surface area (TPSA) is 58.2 Å². The lowest BCUT2D eigenvalue weighted by atomic mass is 10.0. The van der Waals surface area contributed by atoms with Crippen LogP contribution in [0.3, 0.4) is 0 Å². The first-order chi connectivity index (χ1) is 8.96. The molecule has 1 fully saturated rings. The van der Waals surface area contributed by atoms with Crippen molar-refractivity contribution in [1.82, 2.24) is 5.32 Å². The summed E-state index contributed by atoms with van der Waals surface area (Å²) in [5, 5.41) is 3.12. The molecule has 19 heavy (non-hydrogen) atoms. The van der Waals surface area contributed by atoms with E-state index >= 15 is 0 Å². The zero-order chi connectivity index (χ0) is 13.9. The largest absolute Gasteiger partial charge is 0.316 e. The van der Waals surface area contributed by atoms with Crippen molar-refractivity contribution in [3.8, 4) is 0 Å². The highest BCUT2D eigenvalue weighted by Crippen LogP contribution is 2.19. The van der Waals surface area contributed by atoms with Crippen LogP contribution in [0.4, 0.5) is 14.5 Å². The van der Waals surface area contributed by atoms with Crippen molar-refractivity contribution in [3.63, 3.8) is 0 Å².